The highest BCUT2D eigenvalue weighted by atomic mass is 16.4. The molecule has 4 heteroatoms. The summed E-state index contributed by atoms with van der Waals surface area (Å²) in [6.45, 7) is 8.62. The molecule has 0 aliphatic carbocycles. The van der Waals surface area contributed by atoms with E-state index in [0.717, 1.165) is 12.8 Å². The number of amides is 1. The Kier molecular flexibility index (Phi) is 6.08. The first-order valence-electron chi connectivity index (χ1n) is 5.86. The lowest BCUT2D eigenvalue weighted by molar-refractivity contribution is -0.151. The summed E-state index contributed by atoms with van der Waals surface area (Å²) in [6, 6.07) is 0. The third-order valence-electron chi connectivity index (χ3n) is 2.51. The minimum Gasteiger partial charge on any atom is -0.481 e. The van der Waals surface area contributed by atoms with E-state index in [1.807, 2.05) is 13.8 Å². The Morgan fingerprint density at radius 2 is 1.56 bits per heavy atom. The van der Waals surface area contributed by atoms with Crippen LogP contribution >= 0.6 is 0 Å². The summed E-state index contributed by atoms with van der Waals surface area (Å²) >= 11 is 0. The average Bonchev–Trinajstić information content (AvgIpc) is 2.16. The molecule has 0 aromatic carbocycles. The number of rotatable bonds is 7. The third-order valence-corrected chi connectivity index (χ3v) is 2.51. The monoisotopic (exact) mass is 229 g/mol. The van der Waals surface area contributed by atoms with Gasteiger partial charge in [0.15, 0.2) is 0 Å². The second-order valence-corrected chi connectivity index (χ2v) is 4.75. The highest BCUT2D eigenvalue weighted by Gasteiger charge is 2.31. The summed E-state index contributed by atoms with van der Waals surface area (Å²) in [7, 11) is 0. The summed E-state index contributed by atoms with van der Waals surface area (Å²) in [5, 5.41) is 8.96. The van der Waals surface area contributed by atoms with Crippen LogP contribution in [-0.2, 0) is 9.59 Å². The molecular formula is C12H23NO3. The number of carboxylic acids is 1. The largest absolute Gasteiger partial charge is 0.481 e. The van der Waals surface area contributed by atoms with E-state index < -0.39 is 11.4 Å². The summed E-state index contributed by atoms with van der Waals surface area (Å²) < 4.78 is 0. The van der Waals surface area contributed by atoms with Crippen molar-refractivity contribution in [2.75, 3.05) is 13.1 Å². The van der Waals surface area contributed by atoms with E-state index in [-0.39, 0.29) is 12.3 Å². The molecule has 0 saturated heterocycles. The van der Waals surface area contributed by atoms with E-state index >= 15 is 0 Å². The van der Waals surface area contributed by atoms with Gasteiger partial charge in [-0.3, -0.25) is 9.59 Å². The molecule has 0 aromatic heterocycles. The Hall–Kier alpha value is -1.06. The Balaban J connectivity index is 4.45. The fourth-order valence-electron chi connectivity index (χ4n) is 1.47. The quantitative estimate of drug-likeness (QED) is 0.727. The molecule has 0 aliphatic heterocycles. The molecule has 0 fully saturated rings. The Morgan fingerprint density at radius 3 is 1.88 bits per heavy atom. The van der Waals surface area contributed by atoms with E-state index in [1.54, 1.807) is 18.7 Å². The molecule has 0 aromatic rings. The maximum Gasteiger partial charge on any atom is 0.309 e. The predicted octanol–water partition coefficient (Wildman–Crippen LogP) is 2.14. The van der Waals surface area contributed by atoms with Crippen LogP contribution in [0.4, 0.5) is 0 Å². The molecule has 0 radical (unpaired) electrons. The number of nitrogens with zero attached hydrogens (tertiary/aromatic N) is 1. The fourth-order valence-corrected chi connectivity index (χ4v) is 1.47. The molecule has 94 valence electrons. The molecule has 1 N–H and O–H groups in total. The van der Waals surface area contributed by atoms with E-state index in [2.05, 4.69) is 0 Å². The molecule has 0 bridgehead atoms. The van der Waals surface area contributed by atoms with Crippen LogP contribution in [0.1, 0.15) is 47.0 Å². The normalized spacial score (nSPS) is 11.2. The Labute approximate surface area is 97.6 Å². The second kappa shape index (κ2) is 6.51. The van der Waals surface area contributed by atoms with Crippen molar-refractivity contribution in [3.05, 3.63) is 0 Å². The van der Waals surface area contributed by atoms with E-state index in [0.29, 0.717) is 13.1 Å². The molecule has 0 atom stereocenters. The van der Waals surface area contributed by atoms with Crippen molar-refractivity contribution in [2.45, 2.75) is 47.0 Å². The number of hydrogen-bond donors (Lipinski definition) is 1. The summed E-state index contributed by atoms with van der Waals surface area (Å²) in [6.07, 6.45) is 1.88. The van der Waals surface area contributed by atoms with Crippen LogP contribution in [0.3, 0.4) is 0 Å². The van der Waals surface area contributed by atoms with Gasteiger partial charge in [0.1, 0.15) is 0 Å². The van der Waals surface area contributed by atoms with Gasteiger partial charge in [-0.25, -0.2) is 0 Å². The zero-order chi connectivity index (χ0) is 12.8. The van der Waals surface area contributed by atoms with Gasteiger partial charge in [-0.05, 0) is 26.7 Å². The molecule has 0 aliphatic rings. The van der Waals surface area contributed by atoms with Crippen LogP contribution in [0.2, 0.25) is 0 Å². The molecule has 0 saturated carbocycles. The van der Waals surface area contributed by atoms with Crippen molar-refractivity contribution in [2.24, 2.45) is 5.41 Å². The number of aliphatic carboxylic acids is 1. The van der Waals surface area contributed by atoms with Crippen LogP contribution in [-0.4, -0.2) is 35.0 Å². The maximum absolute atomic E-state index is 11.9. The lowest BCUT2D eigenvalue weighted by Gasteiger charge is -2.26. The second-order valence-electron chi connectivity index (χ2n) is 4.75. The van der Waals surface area contributed by atoms with Crippen LogP contribution in [0.5, 0.6) is 0 Å². The number of carbonyl (C=O) groups is 2. The van der Waals surface area contributed by atoms with Crippen molar-refractivity contribution < 1.29 is 14.7 Å². The number of hydrogen-bond acceptors (Lipinski definition) is 2. The molecule has 0 unspecified atom stereocenters. The number of carboxylic acid groups (broad SMARTS) is 1. The van der Waals surface area contributed by atoms with Crippen molar-refractivity contribution in [1.29, 1.82) is 0 Å². The lowest BCUT2D eigenvalue weighted by atomic mass is 9.89. The highest BCUT2D eigenvalue weighted by Crippen LogP contribution is 2.21. The maximum atomic E-state index is 11.9. The smallest absolute Gasteiger partial charge is 0.309 e. The van der Waals surface area contributed by atoms with E-state index in [1.165, 1.54) is 0 Å². The third kappa shape index (κ3) is 4.64. The molecular weight excluding hydrogens is 206 g/mol. The van der Waals surface area contributed by atoms with Gasteiger partial charge >= 0.3 is 5.97 Å². The summed E-state index contributed by atoms with van der Waals surface area (Å²) in [5.74, 6) is -0.982. The minimum atomic E-state index is -0.975. The van der Waals surface area contributed by atoms with Crippen LogP contribution < -0.4 is 0 Å². The number of carbonyl (C=O) groups excluding carboxylic acids is 1. The van der Waals surface area contributed by atoms with Crippen LogP contribution in [0.15, 0.2) is 0 Å². The highest BCUT2D eigenvalue weighted by molar-refractivity contribution is 5.84. The van der Waals surface area contributed by atoms with Gasteiger partial charge < -0.3 is 10.0 Å². The first-order valence-corrected chi connectivity index (χ1v) is 5.86. The van der Waals surface area contributed by atoms with Crippen LogP contribution in [0, 0.1) is 5.41 Å². The van der Waals surface area contributed by atoms with Gasteiger partial charge in [0.05, 0.1) is 5.41 Å². The molecule has 16 heavy (non-hydrogen) atoms. The van der Waals surface area contributed by atoms with Gasteiger partial charge in [0.2, 0.25) is 5.91 Å². The average molecular weight is 229 g/mol. The van der Waals surface area contributed by atoms with Crippen molar-refractivity contribution in [3.8, 4) is 0 Å². The minimum absolute atomic E-state index is 0.0592. The van der Waals surface area contributed by atoms with Gasteiger partial charge in [-0.15, -0.1) is 0 Å². The topological polar surface area (TPSA) is 57.6 Å². The van der Waals surface area contributed by atoms with E-state index in [9.17, 15) is 9.59 Å². The van der Waals surface area contributed by atoms with Gasteiger partial charge in [-0.1, -0.05) is 13.8 Å². The van der Waals surface area contributed by atoms with Crippen molar-refractivity contribution >= 4 is 11.9 Å². The lowest BCUT2D eigenvalue weighted by Crippen LogP contribution is -2.37. The predicted molar refractivity (Wildman–Crippen MR) is 63.2 cm³/mol. The Bertz CT molecular complexity index is 243. The summed E-state index contributed by atoms with van der Waals surface area (Å²) in [5.41, 5.74) is -0.975. The van der Waals surface area contributed by atoms with Crippen molar-refractivity contribution in [3.63, 3.8) is 0 Å². The van der Waals surface area contributed by atoms with Gasteiger partial charge in [0.25, 0.3) is 0 Å². The zero-order valence-electron chi connectivity index (χ0n) is 10.7. The standard InChI is InChI=1S/C12H23NO3/c1-5-7-13(8-6-2)10(14)9-12(3,4)11(15)16/h5-9H2,1-4H3,(H,15,16). The van der Waals surface area contributed by atoms with Gasteiger partial charge in [0, 0.05) is 19.5 Å². The van der Waals surface area contributed by atoms with Crippen LogP contribution in [0.25, 0.3) is 0 Å². The first-order chi connectivity index (χ1) is 7.35. The first kappa shape index (κ1) is 14.9. The van der Waals surface area contributed by atoms with E-state index in [4.69, 9.17) is 5.11 Å². The van der Waals surface area contributed by atoms with Crippen molar-refractivity contribution in [1.82, 2.24) is 4.90 Å². The fraction of sp³-hybridized carbons (Fsp3) is 0.833. The zero-order valence-corrected chi connectivity index (χ0v) is 10.7. The summed E-state index contributed by atoms with van der Waals surface area (Å²) in [4.78, 5) is 24.6. The molecule has 0 heterocycles. The molecule has 0 rings (SSSR count). The van der Waals surface area contributed by atoms with Gasteiger partial charge in [-0.2, -0.15) is 0 Å². The Morgan fingerprint density at radius 1 is 1.12 bits per heavy atom. The molecule has 1 amide bonds. The molecule has 4 nitrogen and oxygen atoms in total. The molecule has 0 spiro atoms. The SMILES string of the molecule is CCCN(CCC)C(=O)CC(C)(C)C(=O)O.